The third kappa shape index (κ3) is 1.42. The number of nitrogens with zero attached hydrogens (tertiary/aromatic N) is 1. The molecule has 0 radical (unpaired) electrons. The maximum atomic E-state index is 13.7. The van der Waals surface area contributed by atoms with E-state index in [2.05, 4.69) is 0 Å². The lowest BCUT2D eigenvalue weighted by Gasteiger charge is -2.38. The van der Waals surface area contributed by atoms with E-state index in [4.69, 9.17) is 6.15 Å². The average Bonchev–Trinajstić information content (AvgIpc) is 2.68. The number of likely N-dealkylation sites (N-methyl/N-ethyl adjacent to an activating group) is 1. The van der Waals surface area contributed by atoms with Crippen molar-refractivity contribution in [3.05, 3.63) is 23.8 Å². The first kappa shape index (κ1) is 10.3. The van der Waals surface area contributed by atoms with Gasteiger partial charge in [0.2, 0.25) is 5.60 Å². The van der Waals surface area contributed by atoms with Crippen LogP contribution in [0.1, 0.15) is 6.42 Å². The van der Waals surface area contributed by atoms with E-state index in [-0.39, 0.29) is 18.0 Å². The fourth-order valence-corrected chi connectivity index (χ4v) is 2.46. The van der Waals surface area contributed by atoms with Gasteiger partial charge in [0, 0.05) is 32.1 Å². The van der Waals surface area contributed by atoms with Gasteiger partial charge in [0.15, 0.2) is 11.6 Å². The first-order valence-corrected chi connectivity index (χ1v) is 5.63. The quantitative estimate of drug-likeness (QED) is 0.753. The molecule has 0 aliphatic carbocycles. The molecule has 0 bridgehead atoms. The monoisotopic (exact) mass is 255 g/mol. The van der Waals surface area contributed by atoms with Crippen molar-refractivity contribution in [3.8, 4) is 5.75 Å². The molecule has 96 valence electrons. The largest absolute Gasteiger partial charge is 0.474 e. The second kappa shape index (κ2) is 3.65. The van der Waals surface area contributed by atoms with Crippen LogP contribution in [0.3, 0.4) is 0 Å². The minimum atomic E-state index is -1.20. The predicted molar refractivity (Wildman–Crippen MR) is 60.6 cm³/mol. The second-order valence-electron chi connectivity index (χ2n) is 4.55. The zero-order valence-electron chi connectivity index (χ0n) is 10.7. The number of nitrogens with one attached hydrogen (secondary N) is 1. The van der Waals surface area contributed by atoms with Crippen molar-refractivity contribution in [1.82, 2.24) is 5.31 Å². The van der Waals surface area contributed by atoms with Crippen molar-refractivity contribution in [2.45, 2.75) is 12.0 Å². The second-order valence-corrected chi connectivity index (χ2v) is 4.55. The van der Waals surface area contributed by atoms with Gasteiger partial charge < -0.3 is 14.9 Å². The summed E-state index contributed by atoms with van der Waals surface area (Å²) in [6.45, 7) is 0.473. The van der Waals surface area contributed by atoms with Crippen LogP contribution in [0.5, 0.6) is 5.75 Å². The van der Waals surface area contributed by atoms with Crippen molar-refractivity contribution in [3.63, 3.8) is 0 Å². The molecule has 3 rings (SSSR count). The summed E-state index contributed by atoms with van der Waals surface area (Å²) in [7, 11) is 1.43. The smallest absolute Gasteiger partial charge is 0.272 e. The minimum absolute atomic E-state index is 0.00917. The molecule has 1 fully saturated rings. The van der Waals surface area contributed by atoms with Crippen LogP contribution in [-0.4, -0.2) is 31.6 Å². The highest BCUT2D eigenvalue weighted by molar-refractivity contribution is 6.03. The molecule has 0 unspecified atom stereocenters. The Morgan fingerprint density at radius 1 is 1.56 bits per heavy atom. The number of carbonyl (C=O) groups excluding carboxylic acids is 1. The SMILES string of the molecule is [2H]N1CC[C@]2(C1)Oc1cc(F)cc(F)c1N(C)C2=O. The predicted octanol–water partition coefficient (Wildman–Crippen LogP) is 1.05. The van der Waals surface area contributed by atoms with E-state index >= 15 is 0 Å². The van der Waals surface area contributed by atoms with Crippen LogP contribution in [0, 0.1) is 11.6 Å². The van der Waals surface area contributed by atoms with E-state index in [0.29, 0.717) is 13.0 Å². The van der Waals surface area contributed by atoms with Crippen molar-refractivity contribution >= 4 is 11.6 Å². The van der Waals surface area contributed by atoms with Crippen molar-refractivity contribution in [2.75, 3.05) is 25.0 Å². The third-order valence-corrected chi connectivity index (χ3v) is 3.37. The highest BCUT2D eigenvalue weighted by atomic mass is 19.1. The van der Waals surface area contributed by atoms with Gasteiger partial charge in [0.25, 0.3) is 5.91 Å². The Morgan fingerprint density at radius 2 is 2.33 bits per heavy atom. The molecule has 4 nitrogen and oxygen atoms in total. The number of anilines is 1. The lowest BCUT2D eigenvalue weighted by atomic mass is 9.98. The highest BCUT2D eigenvalue weighted by Crippen LogP contribution is 2.41. The fraction of sp³-hybridized carbons (Fsp3) is 0.417. The number of carbonyl (C=O) groups is 1. The number of fused-ring (bicyclic) bond motifs is 1. The maximum Gasteiger partial charge on any atom is 0.272 e. The Kier molecular flexibility index (Phi) is 2.08. The maximum absolute atomic E-state index is 13.7. The molecule has 2 aliphatic rings. The van der Waals surface area contributed by atoms with Crippen LogP contribution >= 0.6 is 0 Å². The summed E-state index contributed by atoms with van der Waals surface area (Å²) in [5, 5.41) is 1.21. The number of ether oxygens (including phenoxy) is 1. The van der Waals surface area contributed by atoms with E-state index in [0.717, 1.165) is 17.0 Å². The summed E-state index contributed by atoms with van der Waals surface area (Å²) in [6, 6.07) is 1.78. The van der Waals surface area contributed by atoms with Gasteiger partial charge in [-0.05, 0) is 6.54 Å². The van der Waals surface area contributed by atoms with Gasteiger partial charge in [-0.15, -0.1) is 0 Å². The molecule has 1 atom stereocenters. The van der Waals surface area contributed by atoms with Crippen molar-refractivity contribution < 1.29 is 19.7 Å². The van der Waals surface area contributed by atoms with Crippen molar-refractivity contribution in [1.29, 1.82) is 0 Å². The molecular formula is C12H12F2N2O2. The number of rotatable bonds is 0. The summed E-state index contributed by atoms with van der Waals surface area (Å²) in [5.74, 6) is -1.98. The number of amides is 1. The molecule has 1 saturated heterocycles. The van der Waals surface area contributed by atoms with Crippen LogP contribution in [0.4, 0.5) is 14.5 Å². The summed E-state index contributed by atoms with van der Waals surface area (Å²) < 4.78 is 40.1. The molecule has 18 heavy (non-hydrogen) atoms. The molecule has 1 amide bonds. The van der Waals surface area contributed by atoms with Gasteiger partial charge in [0.05, 0.1) is 0 Å². The molecule has 2 heterocycles. The van der Waals surface area contributed by atoms with Crippen LogP contribution < -0.4 is 14.9 Å². The standard InChI is InChI=1S/C12H12F2N2O2/c1-16-10-8(14)4-7(13)5-9(10)18-12(11(16)17)2-3-15-6-12/h4-5,15H,2-3,6H2,1H3/t12-/m1/s1/i/hD. The van der Waals surface area contributed by atoms with E-state index in [1.807, 2.05) is 0 Å². The summed E-state index contributed by atoms with van der Waals surface area (Å²) >= 11 is 0. The van der Waals surface area contributed by atoms with Gasteiger partial charge >= 0.3 is 0 Å². The Bertz CT molecular complexity index is 569. The highest BCUT2D eigenvalue weighted by Gasteiger charge is 2.50. The van der Waals surface area contributed by atoms with Gasteiger partial charge in [0.1, 0.15) is 12.9 Å². The average molecular weight is 255 g/mol. The molecule has 1 aromatic rings. The summed E-state index contributed by atoms with van der Waals surface area (Å²) in [6.07, 6.45) is 0.331. The van der Waals surface area contributed by atoms with Gasteiger partial charge in [-0.2, -0.15) is 0 Å². The van der Waals surface area contributed by atoms with Crippen LogP contribution in [0.25, 0.3) is 0 Å². The minimum Gasteiger partial charge on any atom is -0.474 e. The third-order valence-electron chi connectivity index (χ3n) is 3.37. The Hall–Kier alpha value is -1.69. The lowest BCUT2D eigenvalue weighted by Crippen LogP contribution is -2.56. The van der Waals surface area contributed by atoms with Gasteiger partial charge in [-0.3, -0.25) is 4.79 Å². The molecule has 6 heteroatoms. The Balaban J connectivity index is 2.11. The van der Waals surface area contributed by atoms with E-state index in [1.54, 1.807) is 0 Å². The number of benzene rings is 1. The van der Waals surface area contributed by atoms with E-state index in [1.165, 1.54) is 12.4 Å². The molecule has 0 aromatic heterocycles. The Morgan fingerprint density at radius 3 is 3.00 bits per heavy atom. The summed E-state index contributed by atoms with van der Waals surface area (Å²) in [4.78, 5) is 13.5. The molecule has 1 N–H and O–H groups in total. The zero-order chi connectivity index (χ0) is 13.8. The Labute approximate surface area is 104 Å². The molecule has 0 saturated carbocycles. The topological polar surface area (TPSA) is 41.6 Å². The van der Waals surface area contributed by atoms with Crippen LogP contribution in [0.15, 0.2) is 12.1 Å². The zero-order valence-corrected chi connectivity index (χ0v) is 9.74. The van der Waals surface area contributed by atoms with Gasteiger partial charge in [-0.1, -0.05) is 0 Å². The number of hydrogen-bond acceptors (Lipinski definition) is 3. The first-order valence-electron chi connectivity index (χ1n) is 6.08. The normalized spacial score (nSPS) is 28.3. The van der Waals surface area contributed by atoms with Gasteiger partial charge in [-0.25, -0.2) is 8.78 Å². The number of hydrogen-bond donors (Lipinski definition) is 1. The first-order chi connectivity index (χ1) is 8.93. The molecular weight excluding hydrogens is 242 g/mol. The molecule has 1 aromatic carbocycles. The fourth-order valence-electron chi connectivity index (χ4n) is 2.46. The van der Waals surface area contributed by atoms with E-state index < -0.39 is 23.1 Å². The number of halogens is 2. The molecule has 2 aliphatic heterocycles. The van der Waals surface area contributed by atoms with E-state index in [9.17, 15) is 13.6 Å². The van der Waals surface area contributed by atoms with Crippen LogP contribution in [-0.2, 0) is 4.79 Å². The van der Waals surface area contributed by atoms with Crippen LogP contribution in [0.2, 0.25) is 1.41 Å². The summed E-state index contributed by atoms with van der Waals surface area (Å²) in [5.41, 5.74) is -1.26. The lowest BCUT2D eigenvalue weighted by molar-refractivity contribution is -0.133. The molecule has 1 spiro atoms. The van der Waals surface area contributed by atoms with Crippen molar-refractivity contribution in [2.24, 2.45) is 0 Å².